The summed E-state index contributed by atoms with van der Waals surface area (Å²) < 4.78 is 0. The summed E-state index contributed by atoms with van der Waals surface area (Å²) in [7, 11) is 0. The molecule has 0 radical (unpaired) electrons. The maximum Gasteiger partial charge on any atom is 0.322 e. The first-order valence-corrected chi connectivity index (χ1v) is 10.0. The van der Waals surface area contributed by atoms with Gasteiger partial charge in [0, 0.05) is 26.2 Å². The van der Waals surface area contributed by atoms with Crippen molar-refractivity contribution >= 4 is 17.9 Å². The predicted octanol–water partition coefficient (Wildman–Crippen LogP) is 1.84. The Morgan fingerprint density at radius 3 is 2.42 bits per heavy atom. The van der Waals surface area contributed by atoms with Crippen LogP contribution in [0.1, 0.15) is 59.3 Å². The zero-order chi connectivity index (χ0) is 18.8. The number of carbonyl (C=O) groups excluding carboxylic acids is 2. The maximum atomic E-state index is 12.2. The third kappa shape index (κ3) is 3.81. The van der Waals surface area contributed by atoms with E-state index in [4.69, 9.17) is 4.99 Å². The Morgan fingerprint density at radius 1 is 1.23 bits per heavy atom. The van der Waals surface area contributed by atoms with Gasteiger partial charge in [-0.3, -0.25) is 15.1 Å². The van der Waals surface area contributed by atoms with E-state index in [1.165, 1.54) is 25.7 Å². The molecule has 1 saturated carbocycles. The molecular weight excluding hydrogens is 330 g/mol. The van der Waals surface area contributed by atoms with Crippen molar-refractivity contribution in [3.8, 4) is 0 Å². The highest BCUT2D eigenvalue weighted by atomic mass is 16.2. The molecular formula is C19H33N5O2. The normalized spacial score (nSPS) is 29.7. The van der Waals surface area contributed by atoms with Gasteiger partial charge in [0.15, 0.2) is 5.96 Å². The van der Waals surface area contributed by atoms with Gasteiger partial charge in [0.2, 0.25) is 0 Å². The molecule has 0 aromatic carbocycles. The first kappa shape index (κ1) is 19.0. The summed E-state index contributed by atoms with van der Waals surface area (Å²) in [5, 5.41) is 8.63. The number of amides is 3. The molecule has 2 heterocycles. The van der Waals surface area contributed by atoms with Crippen molar-refractivity contribution in [1.82, 2.24) is 20.9 Å². The van der Waals surface area contributed by atoms with E-state index in [0.717, 1.165) is 45.0 Å². The monoisotopic (exact) mass is 363 g/mol. The van der Waals surface area contributed by atoms with Crippen LogP contribution < -0.4 is 16.0 Å². The Kier molecular flexibility index (Phi) is 5.44. The lowest BCUT2D eigenvalue weighted by molar-refractivity contribution is -0.125. The fourth-order valence-corrected chi connectivity index (χ4v) is 4.59. The van der Waals surface area contributed by atoms with E-state index < -0.39 is 5.54 Å². The molecule has 7 nitrogen and oxygen atoms in total. The van der Waals surface area contributed by atoms with Gasteiger partial charge in [0.05, 0.1) is 0 Å². The Labute approximate surface area is 156 Å². The zero-order valence-electron chi connectivity index (χ0n) is 16.4. The molecule has 2 saturated heterocycles. The minimum absolute atomic E-state index is 0.153. The summed E-state index contributed by atoms with van der Waals surface area (Å²) in [5.74, 6) is 0.945. The predicted molar refractivity (Wildman–Crippen MR) is 102 cm³/mol. The van der Waals surface area contributed by atoms with Gasteiger partial charge in [0.1, 0.15) is 5.54 Å². The number of urea groups is 1. The fourth-order valence-electron chi connectivity index (χ4n) is 4.59. The Balaban J connectivity index is 1.61. The smallest absolute Gasteiger partial charge is 0.322 e. The van der Waals surface area contributed by atoms with Gasteiger partial charge in [-0.25, -0.2) is 4.79 Å². The van der Waals surface area contributed by atoms with Crippen LogP contribution in [0.2, 0.25) is 0 Å². The Morgan fingerprint density at radius 2 is 1.88 bits per heavy atom. The lowest BCUT2D eigenvalue weighted by Crippen LogP contribution is -2.55. The van der Waals surface area contributed by atoms with Gasteiger partial charge >= 0.3 is 6.03 Å². The minimum atomic E-state index is -0.782. The summed E-state index contributed by atoms with van der Waals surface area (Å²) in [6.45, 7) is 9.73. The Hall–Kier alpha value is -1.79. The third-order valence-electron chi connectivity index (χ3n) is 6.44. The minimum Gasteiger partial charge on any atom is -0.357 e. The lowest BCUT2D eigenvalue weighted by Gasteiger charge is -2.40. The van der Waals surface area contributed by atoms with Gasteiger partial charge in [-0.15, -0.1) is 0 Å². The molecule has 2 aliphatic heterocycles. The molecule has 1 atom stereocenters. The molecule has 0 bridgehead atoms. The number of hydrogen-bond donors (Lipinski definition) is 3. The van der Waals surface area contributed by atoms with Crippen molar-refractivity contribution in [2.45, 2.75) is 64.8 Å². The van der Waals surface area contributed by atoms with E-state index in [-0.39, 0.29) is 17.9 Å². The molecule has 3 amide bonds. The van der Waals surface area contributed by atoms with Crippen molar-refractivity contribution in [2.24, 2.45) is 16.3 Å². The van der Waals surface area contributed by atoms with Crippen LogP contribution in [-0.4, -0.2) is 54.5 Å². The average molecular weight is 364 g/mol. The van der Waals surface area contributed by atoms with Gasteiger partial charge in [-0.1, -0.05) is 19.8 Å². The summed E-state index contributed by atoms with van der Waals surface area (Å²) in [5.41, 5.74) is -0.436. The van der Waals surface area contributed by atoms with Crippen molar-refractivity contribution in [2.75, 3.05) is 26.2 Å². The van der Waals surface area contributed by atoms with Crippen LogP contribution in [0.3, 0.4) is 0 Å². The van der Waals surface area contributed by atoms with E-state index in [1.54, 1.807) is 0 Å². The molecule has 0 aromatic heterocycles. The molecule has 3 fully saturated rings. The first-order valence-electron chi connectivity index (χ1n) is 10.0. The van der Waals surface area contributed by atoms with E-state index >= 15 is 0 Å². The van der Waals surface area contributed by atoms with E-state index in [9.17, 15) is 9.59 Å². The highest BCUT2D eigenvalue weighted by Crippen LogP contribution is 2.37. The largest absolute Gasteiger partial charge is 0.357 e. The topological polar surface area (TPSA) is 85.8 Å². The summed E-state index contributed by atoms with van der Waals surface area (Å²) in [4.78, 5) is 30.9. The second kappa shape index (κ2) is 7.45. The lowest BCUT2D eigenvalue weighted by atomic mass is 9.79. The summed E-state index contributed by atoms with van der Waals surface area (Å²) in [6.07, 6.45) is 6.91. The third-order valence-corrected chi connectivity index (χ3v) is 6.44. The summed E-state index contributed by atoms with van der Waals surface area (Å²) >= 11 is 0. The van der Waals surface area contributed by atoms with Crippen molar-refractivity contribution in [3.63, 3.8) is 0 Å². The standard InChI is InChI=1S/C19H33N5O2/c1-4-20-16(21-13-18(2)9-5-6-10-18)24-11-7-14(8-12-24)19(3)15(25)22-17(26)23-19/h14H,4-13H2,1-3H3,(H,20,21)(H2,22,23,25,26). The number of rotatable bonds is 4. The van der Waals surface area contributed by atoms with Crippen molar-refractivity contribution < 1.29 is 9.59 Å². The van der Waals surface area contributed by atoms with Gasteiger partial charge in [0.25, 0.3) is 5.91 Å². The van der Waals surface area contributed by atoms with Gasteiger partial charge in [-0.05, 0) is 50.9 Å². The molecule has 0 aromatic rings. The molecule has 1 aliphatic carbocycles. The SMILES string of the molecule is CCNC(=NCC1(C)CCCC1)N1CCC(C2(C)NC(=O)NC2=O)CC1. The number of guanidine groups is 1. The number of hydrogen-bond acceptors (Lipinski definition) is 3. The van der Waals surface area contributed by atoms with Crippen LogP contribution in [-0.2, 0) is 4.79 Å². The second-order valence-electron chi connectivity index (χ2n) is 8.56. The molecule has 146 valence electrons. The number of piperidine rings is 1. The van der Waals surface area contributed by atoms with E-state index in [0.29, 0.717) is 5.41 Å². The molecule has 26 heavy (non-hydrogen) atoms. The zero-order valence-corrected chi connectivity index (χ0v) is 16.4. The number of nitrogens with one attached hydrogen (secondary N) is 3. The highest BCUT2D eigenvalue weighted by Gasteiger charge is 2.48. The van der Waals surface area contributed by atoms with Crippen LogP contribution in [0.4, 0.5) is 4.79 Å². The van der Waals surface area contributed by atoms with Crippen molar-refractivity contribution in [1.29, 1.82) is 0 Å². The van der Waals surface area contributed by atoms with Crippen LogP contribution >= 0.6 is 0 Å². The molecule has 0 spiro atoms. The number of nitrogens with zero attached hydrogens (tertiary/aromatic N) is 2. The van der Waals surface area contributed by atoms with Crippen LogP contribution in [0, 0.1) is 11.3 Å². The number of likely N-dealkylation sites (tertiary alicyclic amines) is 1. The summed E-state index contributed by atoms with van der Waals surface area (Å²) in [6, 6.07) is -0.375. The molecule has 3 N–H and O–H groups in total. The van der Waals surface area contributed by atoms with Crippen LogP contribution in [0.5, 0.6) is 0 Å². The van der Waals surface area contributed by atoms with E-state index in [1.807, 2.05) is 6.92 Å². The Bertz CT molecular complexity index is 576. The maximum absolute atomic E-state index is 12.2. The number of imide groups is 1. The highest BCUT2D eigenvalue weighted by molar-refractivity contribution is 6.07. The van der Waals surface area contributed by atoms with Crippen LogP contribution in [0.25, 0.3) is 0 Å². The fraction of sp³-hybridized carbons (Fsp3) is 0.842. The van der Waals surface area contributed by atoms with Gasteiger partial charge < -0.3 is 15.5 Å². The molecule has 3 aliphatic rings. The van der Waals surface area contributed by atoms with Crippen molar-refractivity contribution in [3.05, 3.63) is 0 Å². The average Bonchev–Trinajstić information content (AvgIpc) is 3.16. The first-order chi connectivity index (χ1) is 12.4. The van der Waals surface area contributed by atoms with Crippen LogP contribution in [0.15, 0.2) is 4.99 Å². The number of aliphatic imine (C=N–C) groups is 1. The molecule has 3 rings (SSSR count). The molecule has 7 heteroatoms. The number of carbonyl (C=O) groups is 2. The van der Waals surface area contributed by atoms with E-state index in [2.05, 4.69) is 34.7 Å². The second-order valence-corrected chi connectivity index (χ2v) is 8.56. The molecule has 1 unspecified atom stereocenters. The van der Waals surface area contributed by atoms with Gasteiger partial charge in [-0.2, -0.15) is 0 Å². The quantitative estimate of drug-likeness (QED) is 0.404.